The summed E-state index contributed by atoms with van der Waals surface area (Å²) in [6.45, 7) is 6.76. The first-order valence-electron chi connectivity index (χ1n) is 3.98. The van der Waals surface area contributed by atoms with Crippen molar-refractivity contribution in [2.24, 2.45) is 11.8 Å². The van der Waals surface area contributed by atoms with Crippen LogP contribution in [0.3, 0.4) is 0 Å². The quantitative estimate of drug-likeness (QED) is 0.442. The third kappa shape index (κ3) is 1.18. The van der Waals surface area contributed by atoms with Crippen LogP contribution in [-0.2, 0) is 0 Å². The van der Waals surface area contributed by atoms with Crippen molar-refractivity contribution in [3.8, 4) is 0 Å². The zero-order valence-electron chi connectivity index (χ0n) is 7.31. The van der Waals surface area contributed by atoms with Gasteiger partial charge in [-0.25, -0.2) is 0 Å². The fourth-order valence-electron chi connectivity index (χ4n) is 1.35. The van der Waals surface area contributed by atoms with Crippen LogP contribution in [0.2, 0.25) is 0 Å². The van der Waals surface area contributed by atoms with E-state index in [9.17, 15) is 0 Å². The Balaban J connectivity index is 2.88. The van der Waals surface area contributed by atoms with Crippen molar-refractivity contribution in [3.05, 3.63) is 23.2 Å². The highest BCUT2D eigenvalue weighted by Gasteiger charge is 2.15. The number of allylic oxidation sites excluding steroid dienone is 4. The molecule has 0 aromatic rings. The van der Waals surface area contributed by atoms with E-state index in [2.05, 4.69) is 40.8 Å². The van der Waals surface area contributed by atoms with E-state index in [-0.39, 0.29) is 0 Å². The van der Waals surface area contributed by atoms with Gasteiger partial charge in [-0.3, -0.25) is 0 Å². The van der Waals surface area contributed by atoms with Gasteiger partial charge < -0.3 is 0 Å². The van der Waals surface area contributed by atoms with Gasteiger partial charge in [0.1, 0.15) is 7.85 Å². The summed E-state index contributed by atoms with van der Waals surface area (Å²) in [5.74, 6) is 1.47. The lowest BCUT2D eigenvalue weighted by atomic mass is 9.72. The van der Waals surface area contributed by atoms with E-state index in [0.29, 0.717) is 0 Å². The molecule has 0 spiro atoms. The Kier molecular flexibility index (Phi) is 2.03. The summed E-state index contributed by atoms with van der Waals surface area (Å²) in [6.07, 6.45) is 4.53. The van der Waals surface area contributed by atoms with Crippen LogP contribution in [0.15, 0.2) is 23.2 Å². The highest BCUT2D eigenvalue weighted by atomic mass is 14.2. The second kappa shape index (κ2) is 2.65. The van der Waals surface area contributed by atoms with Gasteiger partial charge in [0, 0.05) is 0 Å². The molecule has 1 aliphatic rings. The van der Waals surface area contributed by atoms with Crippen LogP contribution in [0.5, 0.6) is 0 Å². The van der Waals surface area contributed by atoms with Gasteiger partial charge in [0.25, 0.3) is 0 Å². The number of rotatable bonds is 0. The maximum atomic E-state index is 2.30. The lowest BCUT2D eigenvalue weighted by Gasteiger charge is -2.23. The molecule has 0 radical (unpaired) electrons. The van der Waals surface area contributed by atoms with Crippen molar-refractivity contribution < 1.29 is 0 Å². The third-order valence-corrected chi connectivity index (χ3v) is 2.74. The maximum Gasteiger partial charge on any atom is 0.134 e. The van der Waals surface area contributed by atoms with E-state index in [1.165, 1.54) is 5.57 Å². The van der Waals surface area contributed by atoms with Crippen LogP contribution in [0.4, 0.5) is 0 Å². The van der Waals surface area contributed by atoms with Crippen molar-refractivity contribution in [1.29, 1.82) is 0 Å². The molecule has 10 heavy (non-hydrogen) atoms. The summed E-state index contributed by atoms with van der Waals surface area (Å²) in [5, 5.41) is 0. The van der Waals surface area contributed by atoms with E-state index < -0.39 is 0 Å². The molecule has 1 heteroatoms. The van der Waals surface area contributed by atoms with E-state index in [4.69, 9.17) is 0 Å². The summed E-state index contributed by atoms with van der Waals surface area (Å²) < 4.78 is 0. The first-order chi connectivity index (χ1) is 4.63. The molecule has 0 saturated carbocycles. The van der Waals surface area contributed by atoms with Gasteiger partial charge in [-0.15, -0.1) is 5.47 Å². The zero-order valence-corrected chi connectivity index (χ0v) is 7.31. The molecule has 0 aromatic heterocycles. The smallest absolute Gasteiger partial charge is 0.104 e. The summed E-state index contributed by atoms with van der Waals surface area (Å²) in [4.78, 5) is 0. The molecule has 0 unspecified atom stereocenters. The van der Waals surface area contributed by atoms with Gasteiger partial charge in [0.05, 0.1) is 0 Å². The predicted molar refractivity (Wildman–Crippen MR) is 48.7 cm³/mol. The van der Waals surface area contributed by atoms with Crippen molar-refractivity contribution in [2.75, 3.05) is 0 Å². The van der Waals surface area contributed by atoms with Gasteiger partial charge in [-0.1, -0.05) is 31.6 Å². The Hall–Kier alpha value is -0.455. The molecular formula is C9H15B. The van der Waals surface area contributed by atoms with Crippen LogP contribution < -0.4 is 0 Å². The van der Waals surface area contributed by atoms with Gasteiger partial charge in [0.15, 0.2) is 0 Å². The van der Waals surface area contributed by atoms with Crippen LogP contribution >= 0.6 is 0 Å². The fourth-order valence-corrected chi connectivity index (χ4v) is 1.35. The summed E-state index contributed by atoms with van der Waals surface area (Å²) in [7, 11) is 2.24. The van der Waals surface area contributed by atoms with Crippen LogP contribution in [0, 0.1) is 11.8 Å². The zero-order chi connectivity index (χ0) is 7.72. The minimum atomic E-state index is 0.726. The molecule has 0 saturated heterocycles. The monoisotopic (exact) mass is 134 g/mol. The second-order valence-corrected chi connectivity index (χ2v) is 3.37. The number of hydrogen-bond donors (Lipinski definition) is 0. The molecule has 0 aliphatic heterocycles. The number of hydrogen-bond acceptors (Lipinski definition) is 0. The lowest BCUT2D eigenvalue weighted by Crippen LogP contribution is -2.13. The largest absolute Gasteiger partial charge is 0.134 e. The molecule has 0 amide bonds. The molecular weight excluding hydrogens is 119 g/mol. The SMILES string of the molecule is BC1=C(C)C=C[C@H](C)[C@@H]1C. The Morgan fingerprint density at radius 2 is 2.00 bits per heavy atom. The van der Waals surface area contributed by atoms with Crippen molar-refractivity contribution >= 4 is 7.85 Å². The molecule has 54 valence electrons. The molecule has 1 aliphatic carbocycles. The Morgan fingerprint density at radius 3 is 2.50 bits per heavy atom. The highest BCUT2D eigenvalue weighted by Crippen LogP contribution is 2.26. The lowest BCUT2D eigenvalue weighted by molar-refractivity contribution is 0.538. The van der Waals surface area contributed by atoms with E-state index >= 15 is 0 Å². The minimum Gasteiger partial charge on any atom is -0.104 e. The van der Waals surface area contributed by atoms with Crippen LogP contribution in [0.25, 0.3) is 0 Å². The van der Waals surface area contributed by atoms with Crippen LogP contribution in [0.1, 0.15) is 20.8 Å². The maximum absolute atomic E-state index is 2.30. The van der Waals surface area contributed by atoms with E-state index in [1.54, 1.807) is 5.47 Å². The average Bonchev–Trinajstić information content (AvgIpc) is 1.93. The first kappa shape index (κ1) is 7.65. The van der Waals surface area contributed by atoms with Crippen molar-refractivity contribution in [3.63, 3.8) is 0 Å². The predicted octanol–water partition coefficient (Wildman–Crippen LogP) is 1.74. The molecule has 0 bridgehead atoms. The molecule has 1 rings (SSSR count). The Bertz CT molecular complexity index is 189. The third-order valence-electron chi connectivity index (χ3n) is 2.74. The molecule has 2 atom stereocenters. The van der Waals surface area contributed by atoms with E-state index in [0.717, 1.165) is 11.8 Å². The molecule has 0 nitrogen and oxygen atoms in total. The Morgan fingerprint density at radius 1 is 1.40 bits per heavy atom. The highest BCUT2D eigenvalue weighted by molar-refractivity contribution is 6.22. The molecule has 0 N–H and O–H groups in total. The van der Waals surface area contributed by atoms with Gasteiger partial charge in [-0.2, -0.15) is 0 Å². The van der Waals surface area contributed by atoms with E-state index in [1.807, 2.05) is 0 Å². The van der Waals surface area contributed by atoms with Crippen molar-refractivity contribution in [2.45, 2.75) is 20.8 Å². The molecule has 0 fully saturated rings. The standard InChI is InChI=1S/C9H15B/c1-6-4-5-7(2)9(10)8(6)3/h4-6,8H,10H2,1-3H3/t6-,8-/m0/s1. The normalized spacial score (nSPS) is 33.1. The fraction of sp³-hybridized carbons (Fsp3) is 0.556. The average molecular weight is 134 g/mol. The Labute approximate surface area is 64.4 Å². The summed E-state index contributed by atoms with van der Waals surface area (Å²) in [5.41, 5.74) is 3.00. The minimum absolute atomic E-state index is 0.726. The van der Waals surface area contributed by atoms with Gasteiger partial charge in [-0.05, 0) is 18.8 Å². The van der Waals surface area contributed by atoms with Crippen LogP contribution in [-0.4, -0.2) is 7.85 Å². The molecule has 0 aromatic carbocycles. The summed E-state index contributed by atoms with van der Waals surface area (Å²) in [6, 6.07) is 0. The van der Waals surface area contributed by atoms with Gasteiger partial charge >= 0.3 is 0 Å². The second-order valence-electron chi connectivity index (χ2n) is 3.37. The molecule has 0 heterocycles. The first-order valence-corrected chi connectivity index (χ1v) is 3.98. The summed E-state index contributed by atoms with van der Waals surface area (Å²) >= 11 is 0. The van der Waals surface area contributed by atoms with Gasteiger partial charge in [0.2, 0.25) is 0 Å². The topological polar surface area (TPSA) is 0 Å². The van der Waals surface area contributed by atoms with Crippen molar-refractivity contribution in [1.82, 2.24) is 0 Å².